The molecule has 7 nitrogen and oxygen atoms in total. The standard InChI is InChI=1S/C31H42N6O/c38-30(37-19-12-31(23-37)10-17-36(18-11-31)27-4-2-1-3-5-27)26-8-6-24(7-9-26)20-25(21-28-32-13-14-33-28)22-29-34-15-16-35-29/h6-9,13-16,25,27H,1-5,10-12,17-23H2,(H,32,33)(H,34,35). The van der Waals surface area contributed by atoms with Gasteiger partial charge in [0.05, 0.1) is 0 Å². The van der Waals surface area contributed by atoms with Gasteiger partial charge in [0, 0.05) is 62.3 Å². The molecule has 3 fully saturated rings. The lowest BCUT2D eigenvalue weighted by Gasteiger charge is -2.43. The Kier molecular flexibility index (Phi) is 7.63. The molecule has 0 atom stereocenters. The number of hydrogen-bond acceptors (Lipinski definition) is 4. The fourth-order valence-corrected chi connectivity index (χ4v) is 7.21. The van der Waals surface area contributed by atoms with E-state index in [2.05, 4.69) is 41.9 Å². The zero-order valence-electron chi connectivity index (χ0n) is 22.6. The molecule has 202 valence electrons. The zero-order valence-corrected chi connectivity index (χ0v) is 22.6. The number of benzene rings is 1. The maximum absolute atomic E-state index is 13.4. The molecule has 1 amide bonds. The van der Waals surface area contributed by atoms with Crippen molar-refractivity contribution in [2.24, 2.45) is 11.3 Å². The van der Waals surface area contributed by atoms with Crippen LogP contribution >= 0.6 is 0 Å². The van der Waals surface area contributed by atoms with Gasteiger partial charge in [0.25, 0.3) is 5.91 Å². The first-order chi connectivity index (χ1) is 18.7. The van der Waals surface area contributed by atoms with Gasteiger partial charge in [-0.1, -0.05) is 31.4 Å². The molecule has 1 aromatic carbocycles. The fraction of sp³-hybridized carbons (Fsp3) is 0.581. The number of nitrogens with zero attached hydrogens (tertiary/aromatic N) is 4. The van der Waals surface area contributed by atoms with E-state index in [1.807, 2.05) is 36.9 Å². The topological polar surface area (TPSA) is 80.9 Å². The first-order valence-corrected chi connectivity index (χ1v) is 14.7. The van der Waals surface area contributed by atoms with Crippen molar-refractivity contribution in [1.82, 2.24) is 29.7 Å². The molecule has 0 radical (unpaired) electrons. The lowest BCUT2D eigenvalue weighted by Crippen LogP contribution is -2.47. The lowest BCUT2D eigenvalue weighted by molar-refractivity contribution is 0.0565. The van der Waals surface area contributed by atoms with Crippen molar-refractivity contribution in [3.63, 3.8) is 0 Å². The van der Waals surface area contributed by atoms with Gasteiger partial charge < -0.3 is 19.8 Å². The average molecular weight is 515 g/mol. The second-order valence-electron chi connectivity index (χ2n) is 12.1. The lowest BCUT2D eigenvalue weighted by atomic mass is 9.77. The number of amides is 1. The van der Waals surface area contributed by atoms with E-state index in [-0.39, 0.29) is 5.91 Å². The third-order valence-corrected chi connectivity index (χ3v) is 9.47. The van der Waals surface area contributed by atoms with Crippen LogP contribution in [0.2, 0.25) is 0 Å². The molecule has 2 saturated heterocycles. The van der Waals surface area contributed by atoms with Gasteiger partial charge in [-0.25, -0.2) is 9.97 Å². The van der Waals surface area contributed by atoms with Gasteiger partial charge in [0.1, 0.15) is 11.6 Å². The summed E-state index contributed by atoms with van der Waals surface area (Å²) in [5, 5.41) is 0. The van der Waals surface area contributed by atoms with Gasteiger partial charge in [-0.2, -0.15) is 0 Å². The Bertz CT molecular complexity index is 1110. The van der Waals surface area contributed by atoms with Crippen LogP contribution in [0.5, 0.6) is 0 Å². The van der Waals surface area contributed by atoms with E-state index < -0.39 is 0 Å². The molecular weight excluding hydrogens is 472 g/mol. The maximum atomic E-state index is 13.4. The quantitative estimate of drug-likeness (QED) is 0.441. The predicted molar refractivity (Wildman–Crippen MR) is 149 cm³/mol. The Hall–Kier alpha value is -2.93. The molecule has 7 heteroatoms. The van der Waals surface area contributed by atoms with E-state index in [1.54, 1.807) is 0 Å². The molecule has 2 aliphatic heterocycles. The van der Waals surface area contributed by atoms with E-state index in [4.69, 9.17) is 0 Å². The molecular formula is C31H42N6O. The van der Waals surface area contributed by atoms with Crippen molar-refractivity contribution in [1.29, 1.82) is 0 Å². The maximum Gasteiger partial charge on any atom is 0.253 e. The minimum absolute atomic E-state index is 0.200. The summed E-state index contributed by atoms with van der Waals surface area (Å²) in [6, 6.07) is 9.16. The summed E-state index contributed by atoms with van der Waals surface area (Å²) >= 11 is 0. The Morgan fingerprint density at radius 2 is 1.50 bits per heavy atom. The van der Waals surface area contributed by atoms with Gasteiger partial charge in [-0.15, -0.1) is 0 Å². The Balaban J connectivity index is 1.04. The smallest absolute Gasteiger partial charge is 0.253 e. The normalized spacial score (nSPS) is 20.5. The second-order valence-corrected chi connectivity index (χ2v) is 12.1. The highest BCUT2D eigenvalue weighted by Gasteiger charge is 2.43. The first kappa shape index (κ1) is 25.4. The first-order valence-electron chi connectivity index (χ1n) is 14.7. The molecule has 2 N–H and O–H groups in total. The van der Waals surface area contributed by atoms with Crippen LogP contribution in [0.4, 0.5) is 0 Å². The van der Waals surface area contributed by atoms with Crippen molar-refractivity contribution in [2.75, 3.05) is 26.2 Å². The van der Waals surface area contributed by atoms with Crippen LogP contribution in [-0.2, 0) is 19.3 Å². The van der Waals surface area contributed by atoms with Crippen molar-refractivity contribution in [3.8, 4) is 0 Å². The van der Waals surface area contributed by atoms with E-state index in [0.717, 1.165) is 62.0 Å². The summed E-state index contributed by atoms with van der Waals surface area (Å²) in [7, 11) is 0. The van der Waals surface area contributed by atoms with Gasteiger partial charge in [-0.05, 0) is 80.6 Å². The molecule has 0 bridgehead atoms. The molecule has 2 aromatic heterocycles. The third kappa shape index (κ3) is 5.88. The van der Waals surface area contributed by atoms with Crippen LogP contribution in [0, 0.1) is 11.3 Å². The number of rotatable bonds is 8. The van der Waals surface area contributed by atoms with Crippen LogP contribution < -0.4 is 0 Å². The molecule has 6 rings (SSSR count). The summed E-state index contributed by atoms with van der Waals surface area (Å²) in [6.45, 7) is 4.27. The van der Waals surface area contributed by atoms with Crippen molar-refractivity contribution < 1.29 is 4.79 Å². The molecule has 1 saturated carbocycles. The van der Waals surface area contributed by atoms with Crippen molar-refractivity contribution in [3.05, 3.63) is 71.8 Å². The van der Waals surface area contributed by atoms with Crippen LogP contribution in [0.3, 0.4) is 0 Å². The number of H-pyrrole nitrogens is 2. The molecule has 3 aromatic rings. The van der Waals surface area contributed by atoms with Gasteiger partial charge in [0.2, 0.25) is 0 Å². The number of nitrogens with one attached hydrogen (secondary N) is 2. The molecule has 38 heavy (non-hydrogen) atoms. The summed E-state index contributed by atoms with van der Waals surface area (Å²) in [5.41, 5.74) is 2.41. The zero-order chi connectivity index (χ0) is 25.8. The summed E-state index contributed by atoms with van der Waals surface area (Å²) in [4.78, 5) is 33.7. The fourth-order valence-electron chi connectivity index (χ4n) is 7.21. The Labute approximate surface area is 226 Å². The Morgan fingerprint density at radius 1 is 0.868 bits per heavy atom. The largest absolute Gasteiger partial charge is 0.349 e. The van der Waals surface area contributed by atoms with Crippen LogP contribution in [0.25, 0.3) is 0 Å². The number of likely N-dealkylation sites (tertiary alicyclic amines) is 2. The van der Waals surface area contributed by atoms with Crippen LogP contribution in [0.15, 0.2) is 49.1 Å². The molecule has 3 aliphatic rings. The minimum Gasteiger partial charge on any atom is -0.349 e. The number of piperidine rings is 1. The van der Waals surface area contributed by atoms with E-state index in [1.165, 1.54) is 63.6 Å². The number of imidazole rings is 2. The summed E-state index contributed by atoms with van der Waals surface area (Å²) < 4.78 is 0. The average Bonchev–Trinajstić information content (AvgIpc) is 3.74. The number of carbonyl (C=O) groups excluding carboxylic acids is 1. The molecule has 4 heterocycles. The second kappa shape index (κ2) is 11.4. The van der Waals surface area contributed by atoms with Crippen molar-refractivity contribution in [2.45, 2.75) is 76.7 Å². The highest BCUT2D eigenvalue weighted by molar-refractivity contribution is 5.94. The minimum atomic E-state index is 0.200. The Morgan fingerprint density at radius 3 is 2.11 bits per heavy atom. The van der Waals surface area contributed by atoms with Gasteiger partial charge in [-0.3, -0.25) is 4.79 Å². The van der Waals surface area contributed by atoms with E-state index in [0.29, 0.717) is 11.3 Å². The van der Waals surface area contributed by atoms with Gasteiger partial charge >= 0.3 is 0 Å². The van der Waals surface area contributed by atoms with Crippen LogP contribution in [-0.4, -0.2) is 67.9 Å². The van der Waals surface area contributed by atoms with E-state index >= 15 is 0 Å². The molecule has 1 spiro atoms. The monoisotopic (exact) mass is 514 g/mol. The summed E-state index contributed by atoms with van der Waals surface area (Å²) in [5.74, 6) is 2.57. The number of hydrogen-bond donors (Lipinski definition) is 2. The van der Waals surface area contributed by atoms with Crippen molar-refractivity contribution >= 4 is 5.91 Å². The predicted octanol–water partition coefficient (Wildman–Crippen LogP) is 5.04. The highest BCUT2D eigenvalue weighted by Crippen LogP contribution is 2.42. The number of carbonyl (C=O) groups is 1. The van der Waals surface area contributed by atoms with Gasteiger partial charge in [0.15, 0.2) is 0 Å². The van der Waals surface area contributed by atoms with E-state index in [9.17, 15) is 4.79 Å². The number of aromatic amines is 2. The highest BCUT2D eigenvalue weighted by atomic mass is 16.2. The SMILES string of the molecule is O=C(c1ccc(CC(Cc2ncc[nH]2)Cc2ncc[nH]2)cc1)N1CCC2(CCN(C3CCCCC3)CC2)C1. The van der Waals surface area contributed by atoms with Crippen LogP contribution in [0.1, 0.15) is 78.9 Å². The summed E-state index contributed by atoms with van der Waals surface area (Å²) in [6.07, 6.45) is 20.7. The molecule has 0 unspecified atom stereocenters. The molecule has 1 aliphatic carbocycles. The number of aromatic nitrogens is 4. The third-order valence-electron chi connectivity index (χ3n) is 9.47.